The summed E-state index contributed by atoms with van der Waals surface area (Å²) in [5, 5.41) is 3.33. The van der Waals surface area contributed by atoms with Gasteiger partial charge in [0.1, 0.15) is 11.5 Å². The van der Waals surface area contributed by atoms with E-state index in [0.717, 1.165) is 49.4 Å². The molecule has 0 aliphatic carbocycles. The van der Waals surface area contributed by atoms with Gasteiger partial charge in [0.15, 0.2) is 0 Å². The lowest BCUT2D eigenvalue weighted by atomic mass is 9.89. The second-order valence-corrected chi connectivity index (χ2v) is 5.69. The lowest BCUT2D eigenvalue weighted by Gasteiger charge is -2.24. The summed E-state index contributed by atoms with van der Waals surface area (Å²) in [5.74, 6) is 1.56. The van der Waals surface area contributed by atoms with Gasteiger partial charge in [-0.1, -0.05) is 18.2 Å². The van der Waals surface area contributed by atoms with Gasteiger partial charge in [-0.2, -0.15) is 13.2 Å². The predicted molar refractivity (Wildman–Crippen MR) is 82.8 cm³/mol. The second kappa shape index (κ2) is 6.62. The molecule has 2 aromatic carbocycles. The summed E-state index contributed by atoms with van der Waals surface area (Å²) in [6.45, 7) is 1.94. The number of benzene rings is 2. The molecule has 0 unspecified atom stereocenters. The van der Waals surface area contributed by atoms with E-state index in [1.165, 1.54) is 12.1 Å². The number of para-hydroxylation sites is 1. The Kier molecular flexibility index (Phi) is 4.57. The summed E-state index contributed by atoms with van der Waals surface area (Å²) in [4.78, 5) is 0. The van der Waals surface area contributed by atoms with Crippen molar-refractivity contribution in [3.63, 3.8) is 0 Å². The third-order valence-corrected chi connectivity index (χ3v) is 4.11. The highest BCUT2D eigenvalue weighted by atomic mass is 19.4. The van der Waals surface area contributed by atoms with Gasteiger partial charge in [0, 0.05) is 0 Å². The number of hydrogen-bond acceptors (Lipinski definition) is 2. The van der Waals surface area contributed by atoms with Crippen LogP contribution in [0.3, 0.4) is 0 Å². The largest absolute Gasteiger partial charge is 0.457 e. The molecule has 1 N–H and O–H groups in total. The van der Waals surface area contributed by atoms with Crippen LogP contribution in [-0.4, -0.2) is 13.1 Å². The molecule has 1 saturated heterocycles. The first-order chi connectivity index (χ1) is 11.0. The molecule has 1 aliphatic heterocycles. The Morgan fingerprint density at radius 1 is 0.913 bits per heavy atom. The van der Waals surface area contributed by atoms with E-state index in [9.17, 15) is 13.2 Å². The van der Waals surface area contributed by atoms with Gasteiger partial charge in [-0.15, -0.1) is 0 Å². The summed E-state index contributed by atoms with van der Waals surface area (Å²) in [7, 11) is 0. The highest BCUT2D eigenvalue weighted by Crippen LogP contribution is 2.36. The topological polar surface area (TPSA) is 21.3 Å². The zero-order valence-electron chi connectivity index (χ0n) is 12.6. The molecule has 0 aromatic heterocycles. The second-order valence-electron chi connectivity index (χ2n) is 5.69. The molecule has 23 heavy (non-hydrogen) atoms. The van der Waals surface area contributed by atoms with Gasteiger partial charge in [-0.05, 0) is 67.7 Å². The lowest BCUT2D eigenvalue weighted by molar-refractivity contribution is -0.137. The molecule has 5 heteroatoms. The Bertz CT molecular complexity index is 646. The SMILES string of the molecule is FC(F)(F)c1ccc(Oc2ccccc2C2CCNCC2)cc1. The Morgan fingerprint density at radius 3 is 2.22 bits per heavy atom. The standard InChI is InChI=1S/C18H18F3NO/c19-18(20,21)14-5-7-15(8-6-14)23-17-4-2-1-3-16(17)13-9-11-22-12-10-13/h1-8,13,22H,9-12H2. The first-order valence-electron chi connectivity index (χ1n) is 7.69. The molecule has 0 bridgehead atoms. The molecular weight excluding hydrogens is 303 g/mol. The monoisotopic (exact) mass is 321 g/mol. The summed E-state index contributed by atoms with van der Waals surface area (Å²) in [5.41, 5.74) is 0.449. The first kappa shape index (κ1) is 15.9. The third kappa shape index (κ3) is 3.85. The van der Waals surface area contributed by atoms with E-state index in [4.69, 9.17) is 4.74 Å². The molecular formula is C18H18F3NO. The van der Waals surface area contributed by atoms with E-state index in [-0.39, 0.29) is 0 Å². The van der Waals surface area contributed by atoms with Crippen LogP contribution in [0.4, 0.5) is 13.2 Å². The Hall–Kier alpha value is -2.01. The van der Waals surface area contributed by atoms with E-state index in [0.29, 0.717) is 11.7 Å². The number of hydrogen-bond donors (Lipinski definition) is 1. The fourth-order valence-electron chi connectivity index (χ4n) is 2.88. The number of ether oxygens (including phenoxy) is 1. The zero-order chi connectivity index (χ0) is 16.3. The number of nitrogens with one attached hydrogen (secondary N) is 1. The van der Waals surface area contributed by atoms with E-state index in [1.54, 1.807) is 0 Å². The highest BCUT2D eigenvalue weighted by Gasteiger charge is 2.30. The molecule has 2 aromatic rings. The lowest BCUT2D eigenvalue weighted by Crippen LogP contribution is -2.26. The molecule has 0 spiro atoms. The van der Waals surface area contributed by atoms with Crippen LogP contribution in [0.25, 0.3) is 0 Å². The van der Waals surface area contributed by atoms with Crippen LogP contribution in [0.5, 0.6) is 11.5 Å². The van der Waals surface area contributed by atoms with E-state index >= 15 is 0 Å². The van der Waals surface area contributed by atoms with E-state index in [2.05, 4.69) is 5.32 Å². The van der Waals surface area contributed by atoms with Gasteiger partial charge in [0.05, 0.1) is 5.56 Å². The molecule has 3 rings (SSSR count). The predicted octanol–water partition coefficient (Wildman–Crippen LogP) is 4.96. The smallest absolute Gasteiger partial charge is 0.416 e. The highest BCUT2D eigenvalue weighted by molar-refractivity contribution is 5.41. The molecule has 0 saturated carbocycles. The van der Waals surface area contributed by atoms with Crippen LogP contribution in [-0.2, 0) is 6.18 Å². The van der Waals surface area contributed by atoms with Crippen LogP contribution < -0.4 is 10.1 Å². The molecule has 0 amide bonds. The molecule has 1 aliphatic rings. The van der Waals surface area contributed by atoms with Crippen molar-refractivity contribution in [1.29, 1.82) is 0 Å². The van der Waals surface area contributed by atoms with Crippen molar-refractivity contribution in [2.45, 2.75) is 24.9 Å². The molecule has 0 radical (unpaired) electrons. The summed E-state index contributed by atoms with van der Waals surface area (Å²) >= 11 is 0. The summed E-state index contributed by atoms with van der Waals surface area (Å²) < 4.78 is 43.7. The average molecular weight is 321 g/mol. The maximum atomic E-state index is 12.6. The maximum absolute atomic E-state index is 12.6. The van der Waals surface area contributed by atoms with Gasteiger partial charge in [-0.3, -0.25) is 0 Å². The molecule has 1 heterocycles. The Balaban J connectivity index is 1.80. The van der Waals surface area contributed by atoms with Crippen LogP contribution in [0.15, 0.2) is 48.5 Å². The number of piperidine rings is 1. The maximum Gasteiger partial charge on any atom is 0.416 e. The quantitative estimate of drug-likeness (QED) is 0.862. The zero-order valence-corrected chi connectivity index (χ0v) is 12.6. The van der Waals surface area contributed by atoms with Crippen LogP contribution >= 0.6 is 0 Å². The fourth-order valence-corrected chi connectivity index (χ4v) is 2.88. The molecule has 2 nitrogen and oxygen atoms in total. The summed E-state index contributed by atoms with van der Waals surface area (Å²) in [6.07, 6.45) is -2.26. The van der Waals surface area contributed by atoms with Gasteiger partial charge in [-0.25, -0.2) is 0 Å². The van der Waals surface area contributed by atoms with Gasteiger partial charge >= 0.3 is 6.18 Å². The van der Waals surface area contributed by atoms with Crippen molar-refractivity contribution in [3.8, 4) is 11.5 Å². The summed E-state index contributed by atoms with van der Waals surface area (Å²) in [6, 6.07) is 12.6. The van der Waals surface area contributed by atoms with Crippen molar-refractivity contribution in [3.05, 3.63) is 59.7 Å². The minimum atomic E-state index is -4.33. The van der Waals surface area contributed by atoms with E-state index in [1.807, 2.05) is 24.3 Å². The third-order valence-electron chi connectivity index (χ3n) is 4.11. The van der Waals surface area contributed by atoms with Gasteiger partial charge < -0.3 is 10.1 Å². The molecule has 0 atom stereocenters. The number of rotatable bonds is 3. The minimum Gasteiger partial charge on any atom is -0.457 e. The minimum absolute atomic E-state index is 0.416. The van der Waals surface area contributed by atoms with Crippen LogP contribution in [0.2, 0.25) is 0 Å². The van der Waals surface area contributed by atoms with Gasteiger partial charge in [0.25, 0.3) is 0 Å². The number of alkyl halides is 3. The van der Waals surface area contributed by atoms with Crippen molar-refractivity contribution >= 4 is 0 Å². The van der Waals surface area contributed by atoms with E-state index < -0.39 is 11.7 Å². The van der Waals surface area contributed by atoms with Crippen LogP contribution in [0, 0.1) is 0 Å². The van der Waals surface area contributed by atoms with Crippen molar-refractivity contribution in [1.82, 2.24) is 5.32 Å². The Labute approximate surface area is 133 Å². The molecule has 122 valence electrons. The first-order valence-corrected chi connectivity index (χ1v) is 7.69. The van der Waals surface area contributed by atoms with Gasteiger partial charge in [0.2, 0.25) is 0 Å². The Morgan fingerprint density at radius 2 is 1.57 bits per heavy atom. The van der Waals surface area contributed by atoms with Crippen LogP contribution in [0.1, 0.15) is 29.9 Å². The van der Waals surface area contributed by atoms with Crippen molar-refractivity contribution in [2.24, 2.45) is 0 Å². The molecule has 1 fully saturated rings. The van der Waals surface area contributed by atoms with Crippen molar-refractivity contribution in [2.75, 3.05) is 13.1 Å². The number of halogens is 3. The van der Waals surface area contributed by atoms with Crippen molar-refractivity contribution < 1.29 is 17.9 Å². The fraction of sp³-hybridized carbons (Fsp3) is 0.333. The average Bonchev–Trinajstić information content (AvgIpc) is 2.56. The normalized spacial score (nSPS) is 16.3.